The van der Waals surface area contributed by atoms with E-state index in [1.165, 1.54) is 18.2 Å². The number of H-pyrrole nitrogens is 1. The van der Waals surface area contributed by atoms with Crippen molar-refractivity contribution in [1.29, 1.82) is 0 Å². The molecule has 0 aliphatic carbocycles. The number of hydrogen-bond acceptors (Lipinski definition) is 4. The molecule has 0 aliphatic rings. The monoisotopic (exact) mass is 386 g/mol. The van der Waals surface area contributed by atoms with E-state index in [1.807, 2.05) is 18.2 Å². The highest BCUT2D eigenvalue weighted by Gasteiger charge is 2.29. The fourth-order valence-electron chi connectivity index (χ4n) is 2.70. The van der Waals surface area contributed by atoms with E-state index in [9.17, 15) is 18.0 Å². The molecule has 1 amide bonds. The maximum atomic E-state index is 12.6. The average molecular weight is 386 g/mol. The zero-order chi connectivity index (χ0) is 19.7. The molecule has 0 atom stereocenters. The summed E-state index contributed by atoms with van der Waals surface area (Å²) < 4.78 is 43.0. The van der Waals surface area contributed by atoms with Gasteiger partial charge in [-0.3, -0.25) is 9.89 Å². The summed E-state index contributed by atoms with van der Waals surface area (Å²) in [4.78, 5) is 12.2. The van der Waals surface area contributed by atoms with E-state index in [1.54, 1.807) is 6.20 Å². The van der Waals surface area contributed by atoms with E-state index in [4.69, 9.17) is 4.52 Å². The van der Waals surface area contributed by atoms with Crippen LogP contribution in [0.25, 0.3) is 22.2 Å². The van der Waals surface area contributed by atoms with Crippen LogP contribution in [0.2, 0.25) is 0 Å². The third-order valence-corrected chi connectivity index (χ3v) is 4.20. The maximum absolute atomic E-state index is 12.6. The second-order valence-corrected chi connectivity index (χ2v) is 6.13. The van der Waals surface area contributed by atoms with Gasteiger partial charge in [0.15, 0.2) is 11.5 Å². The van der Waals surface area contributed by atoms with Gasteiger partial charge in [-0.2, -0.15) is 18.3 Å². The molecule has 6 nitrogen and oxygen atoms in total. The van der Waals surface area contributed by atoms with Crippen molar-refractivity contribution < 1.29 is 22.5 Å². The van der Waals surface area contributed by atoms with Gasteiger partial charge in [-0.15, -0.1) is 0 Å². The van der Waals surface area contributed by atoms with Crippen LogP contribution in [0.1, 0.15) is 21.6 Å². The number of benzene rings is 2. The highest BCUT2D eigenvalue weighted by atomic mass is 19.4. The fourth-order valence-corrected chi connectivity index (χ4v) is 2.70. The van der Waals surface area contributed by atoms with E-state index in [0.29, 0.717) is 11.3 Å². The van der Waals surface area contributed by atoms with Gasteiger partial charge in [0.2, 0.25) is 0 Å². The lowest BCUT2D eigenvalue weighted by atomic mass is 10.1. The molecule has 0 bridgehead atoms. The SMILES string of the molecule is O=C(NCc1ccc(C(F)(F)F)cc1)c1cc(-c2ccc3[nH]ncc3c2)on1. The average Bonchev–Trinajstić information content (AvgIpc) is 3.34. The van der Waals surface area contributed by atoms with Crippen molar-refractivity contribution in [2.24, 2.45) is 0 Å². The van der Waals surface area contributed by atoms with Gasteiger partial charge in [0.05, 0.1) is 17.3 Å². The first-order chi connectivity index (χ1) is 13.4. The van der Waals surface area contributed by atoms with Crippen LogP contribution in [-0.4, -0.2) is 21.3 Å². The van der Waals surface area contributed by atoms with Crippen molar-refractivity contribution in [1.82, 2.24) is 20.7 Å². The van der Waals surface area contributed by atoms with Crippen molar-refractivity contribution in [2.45, 2.75) is 12.7 Å². The van der Waals surface area contributed by atoms with Crippen LogP contribution in [0.5, 0.6) is 0 Å². The summed E-state index contributed by atoms with van der Waals surface area (Å²) in [6, 6.07) is 11.6. The number of carbonyl (C=O) groups excluding carboxylic acids is 1. The van der Waals surface area contributed by atoms with Gasteiger partial charge in [-0.1, -0.05) is 17.3 Å². The molecule has 0 radical (unpaired) electrons. The van der Waals surface area contributed by atoms with Gasteiger partial charge in [0, 0.05) is 23.6 Å². The molecule has 0 saturated heterocycles. The van der Waals surface area contributed by atoms with Crippen molar-refractivity contribution >= 4 is 16.8 Å². The van der Waals surface area contributed by atoms with Gasteiger partial charge in [0.1, 0.15) is 0 Å². The normalized spacial score (nSPS) is 11.7. The molecule has 28 heavy (non-hydrogen) atoms. The molecule has 0 saturated carbocycles. The number of carbonyl (C=O) groups is 1. The minimum Gasteiger partial charge on any atom is -0.355 e. The van der Waals surface area contributed by atoms with Gasteiger partial charge >= 0.3 is 6.18 Å². The molecule has 0 fully saturated rings. The lowest BCUT2D eigenvalue weighted by molar-refractivity contribution is -0.137. The van der Waals surface area contributed by atoms with Gasteiger partial charge < -0.3 is 9.84 Å². The second-order valence-electron chi connectivity index (χ2n) is 6.13. The molecule has 0 spiro atoms. The van der Waals surface area contributed by atoms with Crippen molar-refractivity contribution in [2.75, 3.05) is 0 Å². The van der Waals surface area contributed by atoms with E-state index >= 15 is 0 Å². The Balaban J connectivity index is 1.43. The number of rotatable bonds is 4. The molecule has 2 aromatic heterocycles. The van der Waals surface area contributed by atoms with Crippen LogP contribution in [0.3, 0.4) is 0 Å². The van der Waals surface area contributed by atoms with E-state index < -0.39 is 17.6 Å². The quantitative estimate of drug-likeness (QED) is 0.552. The largest absolute Gasteiger partial charge is 0.416 e. The Morgan fingerprint density at radius 2 is 1.89 bits per heavy atom. The highest BCUT2D eigenvalue weighted by molar-refractivity contribution is 5.93. The first-order valence-corrected chi connectivity index (χ1v) is 8.25. The summed E-state index contributed by atoms with van der Waals surface area (Å²) in [6.07, 6.45) is -2.72. The molecule has 9 heteroatoms. The van der Waals surface area contributed by atoms with Crippen LogP contribution in [0.4, 0.5) is 13.2 Å². The Hall–Kier alpha value is -3.62. The standard InChI is InChI=1S/C19H13F3N4O2/c20-19(21,22)14-4-1-11(2-5-14)9-23-18(27)16-8-17(28-26-16)12-3-6-15-13(7-12)10-24-25-15/h1-8,10H,9H2,(H,23,27)(H,24,25). The number of halogens is 3. The summed E-state index contributed by atoms with van der Waals surface area (Å²) in [7, 11) is 0. The number of nitrogens with zero attached hydrogens (tertiary/aromatic N) is 2. The Morgan fingerprint density at radius 1 is 1.11 bits per heavy atom. The predicted octanol–water partition coefficient (Wildman–Crippen LogP) is 4.17. The van der Waals surface area contributed by atoms with Gasteiger partial charge in [-0.05, 0) is 35.9 Å². The summed E-state index contributed by atoms with van der Waals surface area (Å²) >= 11 is 0. The second kappa shape index (κ2) is 6.84. The topological polar surface area (TPSA) is 83.8 Å². The minimum absolute atomic E-state index is 0.0696. The molecule has 4 rings (SSSR count). The fraction of sp³-hybridized carbons (Fsp3) is 0.105. The third-order valence-electron chi connectivity index (χ3n) is 4.20. The van der Waals surface area contributed by atoms with Crippen LogP contribution in [-0.2, 0) is 12.7 Å². The molecular weight excluding hydrogens is 373 g/mol. The first-order valence-electron chi connectivity index (χ1n) is 8.25. The van der Waals surface area contributed by atoms with Crippen molar-refractivity contribution in [3.63, 3.8) is 0 Å². The Morgan fingerprint density at radius 3 is 2.64 bits per heavy atom. The predicted molar refractivity (Wildman–Crippen MR) is 94.2 cm³/mol. The lowest BCUT2D eigenvalue weighted by Gasteiger charge is -2.08. The molecule has 142 valence electrons. The van der Waals surface area contributed by atoms with Crippen LogP contribution < -0.4 is 5.32 Å². The number of aromatic amines is 1. The number of amides is 1. The smallest absolute Gasteiger partial charge is 0.355 e. The van der Waals surface area contributed by atoms with Crippen molar-refractivity contribution in [3.8, 4) is 11.3 Å². The molecule has 2 aromatic carbocycles. The first kappa shape index (κ1) is 17.8. The molecule has 0 aliphatic heterocycles. The van der Waals surface area contributed by atoms with Crippen molar-refractivity contribution in [3.05, 3.63) is 71.5 Å². The summed E-state index contributed by atoms with van der Waals surface area (Å²) in [5.74, 6) is -0.0675. The lowest BCUT2D eigenvalue weighted by Crippen LogP contribution is -2.23. The zero-order valence-electron chi connectivity index (χ0n) is 14.2. The Kier molecular flexibility index (Phi) is 4.34. The summed E-state index contributed by atoms with van der Waals surface area (Å²) in [5.41, 5.74) is 1.49. The van der Waals surface area contributed by atoms with Gasteiger partial charge in [-0.25, -0.2) is 0 Å². The third kappa shape index (κ3) is 3.59. The van der Waals surface area contributed by atoms with E-state index in [-0.39, 0.29) is 12.2 Å². The highest BCUT2D eigenvalue weighted by Crippen LogP contribution is 2.29. The Labute approximate surface area is 156 Å². The molecule has 2 N–H and O–H groups in total. The molecular formula is C19H13F3N4O2. The molecule has 2 heterocycles. The maximum Gasteiger partial charge on any atom is 0.416 e. The minimum atomic E-state index is -4.39. The summed E-state index contributed by atoms with van der Waals surface area (Å²) in [5, 5.41) is 14.0. The van der Waals surface area contributed by atoms with Crippen LogP contribution in [0, 0.1) is 0 Å². The summed E-state index contributed by atoms with van der Waals surface area (Å²) in [6.45, 7) is 0.0696. The number of nitrogens with one attached hydrogen (secondary N) is 2. The number of hydrogen-bond donors (Lipinski definition) is 2. The Bertz CT molecular complexity index is 1130. The number of fused-ring (bicyclic) bond motifs is 1. The molecule has 4 aromatic rings. The van der Waals surface area contributed by atoms with Crippen LogP contribution in [0.15, 0.2) is 59.3 Å². The zero-order valence-corrected chi connectivity index (χ0v) is 14.2. The van der Waals surface area contributed by atoms with E-state index in [2.05, 4.69) is 20.7 Å². The van der Waals surface area contributed by atoms with Crippen LogP contribution >= 0.6 is 0 Å². The van der Waals surface area contributed by atoms with E-state index in [0.717, 1.165) is 28.6 Å². The molecule has 0 unspecified atom stereocenters. The number of alkyl halides is 3. The number of aromatic nitrogens is 3. The van der Waals surface area contributed by atoms with Gasteiger partial charge in [0.25, 0.3) is 5.91 Å².